The molecule has 0 saturated heterocycles. The SMILES string of the molecule is CCC(C)C(=O)NC(=O)/C(C)=C\NCCCN(CCCCCCCC=O)CCCCCCCC=C1CCC1. The summed E-state index contributed by atoms with van der Waals surface area (Å²) in [5.41, 5.74) is 2.21. The number of allylic oxidation sites excluding steroid dienone is 2. The van der Waals surface area contributed by atoms with Gasteiger partial charge in [0.1, 0.15) is 6.29 Å². The monoisotopic (exact) mass is 531 g/mol. The predicted molar refractivity (Wildman–Crippen MR) is 159 cm³/mol. The van der Waals surface area contributed by atoms with Crippen molar-refractivity contribution >= 4 is 18.1 Å². The van der Waals surface area contributed by atoms with Crippen molar-refractivity contribution in [1.29, 1.82) is 0 Å². The molecule has 0 spiro atoms. The zero-order chi connectivity index (χ0) is 27.8. The van der Waals surface area contributed by atoms with Crippen LogP contribution in [-0.4, -0.2) is 49.2 Å². The third-order valence-electron chi connectivity index (χ3n) is 7.67. The number of hydrogen-bond acceptors (Lipinski definition) is 5. The Hall–Kier alpha value is -1.95. The van der Waals surface area contributed by atoms with E-state index >= 15 is 0 Å². The molecule has 218 valence electrons. The quantitative estimate of drug-likeness (QED) is 0.0616. The van der Waals surface area contributed by atoms with Gasteiger partial charge in [0.25, 0.3) is 5.91 Å². The summed E-state index contributed by atoms with van der Waals surface area (Å²) in [6.45, 7) is 9.65. The van der Waals surface area contributed by atoms with Crippen LogP contribution in [-0.2, 0) is 14.4 Å². The molecule has 0 radical (unpaired) electrons. The molecule has 1 atom stereocenters. The first-order chi connectivity index (χ1) is 18.5. The van der Waals surface area contributed by atoms with E-state index in [1.165, 1.54) is 77.0 Å². The number of nitrogens with one attached hydrogen (secondary N) is 2. The van der Waals surface area contributed by atoms with Crippen molar-refractivity contribution in [2.75, 3.05) is 26.2 Å². The summed E-state index contributed by atoms with van der Waals surface area (Å²) in [7, 11) is 0. The Morgan fingerprint density at radius 1 is 0.868 bits per heavy atom. The molecule has 1 fully saturated rings. The van der Waals surface area contributed by atoms with Crippen LogP contribution in [0.15, 0.2) is 23.4 Å². The molecule has 2 amide bonds. The topological polar surface area (TPSA) is 78.5 Å². The Morgan fingerprint density at radius 3 is 2.03 bits per heavy atom. The first-order valence-electron chi connectivity index (χ1n) is 15.6. The van der Waals surface area contributed by atoms with E-state index in [9.17, 15) is 14.4 Å². The van der Waals surface area contributed by atoms with Crippen LogP contribution >= 0.6 is 0 Å². The van der Waals surface area contributed by atoms with Crippen LogP contribution in [0.3, 0.4) is 0 Å². The maximum absolute atomic E-state index is 12.2. The van der Waals surface area contributed by atoms with E-state index in [1.807, 2.05) is 13.8 Å². The number of rotatable bonds is 24. The van der Waals surface area contributed by atoms with Gasteiger partial charge in [-0.15, -0.1) is 0 Å². The average Bonchev–Trinajstić information content (AvgIpc) is 2.88. The largest absolute Gasteiger partial charge is 0.390 e. The number of nitrogens with zero attached hydrogens (tertiary/aromatic N) is 1. The van der Waals surface area contributed by atoms with Crippen LogP contribution in [0.2, 0.25) is 0 Å². The summed E-state index contributed by atoms with van der Waals surface area (Å²) in [5, 5.41) is 5.73. The number of aldehydes is 1. The summed E-state index contributed by atoms with van der Waals surface area (Å²) >= 11 is 0. The minimum Gasteiger partial charge on any atom is -0.390 e. The maximum Gasteiger partial charge on any atom is 0.254 e. The minimum absolute atomic E-state index is 0.156. The summed E-state index contributed by atoms with van der Waals surface area (Å²) in [6.07, 6.45) is 25.4. The molecule has 0 aliphatic heterocycles. The smallest absolute Gasteiger partial charge is 0.254 e. The van der Waals surface area contributed by atoms with Crippen LogP contribution in [0.25, 0.3) is 0 Å². The van der Waals surface area contributed by atoms with E-state index < -0.39 is 0 Å². The molecular weight excluding hydrogens is 474 g/mol. The molecule has 0 heterocycles. The van der Waals surface area contributed by atoms with Crippen molar-refractivity contribution in [3.63, 3.8) is 0 Å². The fourth-order valence-electron chi connectivity index (χ4n) is 4.54. The zero-order valence-electron chi connectivity index (χ0n) is 24.8. The van der Waals surface area contributed by atoms with Crippen molar-refractivity contribution in [1.82, 2.24) is 15.5 Å². The molecule has 0 aromatic heterocycles. The second-order valence-corrected chi connectivity index (χ2v) is 11.1. The van der Waals surface area contributed by atoms with E-state index in [0.29, 0.717) is 12.0 Å². The lowest BCUT2D eigenvalue weighted by Crippen LogP contribution is -2.35. The summed E-state index contributed by atoms with van der Waals surface area (Å²) in [5.74, 6) is -0.690. The molecule has 1 saturated carbocycles. The summed E-state index contributed by atoms with van der Waals surface area (Å²) < 4.78 is 0. The summed E-state index contributed by atoms with van der Waals surface area (Å²) in [6, 6.07) is 0. The predicted octanol–water partition coefficient (Wildman–Crippen LogP) is 6.85. The van der Waals surface area contributed by atoms with Crippen molar-refractivity contribution in [3.8, 4) is 0 Å². The maximum atomic E-state index is 12.2. The Balaban J connectivity index is 2.27. The van der Waals surface area contributed by atoms with Crippen LogP contribution in [0.1, 0.15) is 130 Å². The normalized spacial score (nSPS) is 14.2. The molecule has 1 aliphatic carbocycles. The van der Waals surface area contributed by atoms with Gasteiger partial charge >= 0.3 is 0 Å². The van der Waals surface area contributed by atoms with Gasteiger partial charge in [-0.05, 0) is 90.8 Å². The third-order valence-corrected chi connectivity index (χ3v) is 7.67. The number of hydrogen-bond donors (Lipinski definition) is 2. The highest BCUT2D eigenvalue weighted by Gasteiger charge is 2.14. The van der Waals surface area contributed by atoms with Crippen LogP contribution in [0.4, 0.5) is 0 Å². The standard InChI is InChI=1S/C32H57N3O3/c1-4-28(2)31(37)34-32(38)29(3)27-33-22-18-25-35(24-15-11-7-8-12-16-26-36)23-14-10-6-5-9-13-19-30-20-17-21-30/h19,26-28,33H,4-18,20-25H2,1-3H3,(H,34,37,38)/b29-27-. The molecule has 38 heavy (non-hydrogen) atoms. The van der Waals surface area contributed by atoms with Crippen LogP contribution in [0.5, 0.6) is 0 Å². The van der Waals surface area contributed by atoms with Crippen molar-refractivity contribution in [3.05, 3.63) is 23.4 Å². The first-order valence-corrected chi connectivity index (χ1v) is 15.6. The van der Waals surface area contributed by atoms with E-state index in [2.05, 4.69) is 21.6 Å². The Labute approximate surface area is 233 Å². The first kappa shape index (κ1) is 34.1. The molecule has 0 bridgehead atoms. The highest BCUT2D eigenvalue weighted by Crippen LogP contribution is 2.26. The molecule has 0 aromatic rings. The number of amides is 2. The lowest BCUT2D eigenvalue weighted by Gasteiger charge is -2.22. The molecule has 0 aromatic carbocycles. The van der Waals surface area contributed by atoms with Gasteiger partial charge in [0.05, 0.1) is 0 Å². The number of carbonyl (C=O) groups excluding carboxylic acids is 3. The van der Waals surface area contributed by atoms with Crippen molar-refractivity contribution < 1.29 is 14.4 Å². The van der Waals surface area contributed by atoms with Gasteiger partial charge < -0.3 is 15.0 Å². The van der Waals surface area contributed by atoms with Crippen molar-refractivity contribution in [2.45, 2.75) is 130 Å². The van der Waals surface area contributed by atoms with E-state index in [1.54, 1.807) is 18.7 Å². The average molecular weight is 532 g/mol. The van der Waals surface area contributed by atoms with E-state index in [4.69, 9.17) is 0 Å². The van der Waals surface area contributed by atoms with Gasteiger partial charge in [0.2, 0.25) is 5.91 Å². The highest BCUT2D eigenvalue weighted by molar-refractivity contribution is 6.04. The zero-order valence-corrected chi connectivity index (χ0v) is 24.8. The molecule has 1 aliphatic rings. The second-order valence-electron chi connectivity index (χ2n) is 11.1. The Bertz CT molecular complexity index is 711. The van der Waals surface area contributed by atoms with Gasteiger partial charge in [-0.2, -0.15) is 0 Å². The Morgan fingerprint density at radius 2 is 1.45 bits per heavy atom. The molecule has 6 nitrogen and oxygen atoms in total. The van der Waals surface area contributed by atoms with Gasteiger partial charge in [-0.3, -0.25) is 14.9 Å². The van der Waals surface area contributed by atoms with Crippen LogP contribution < -0.4 is 10.6 Å². The number of unbranched alkanes of at least 4 members (excludes halogenated alkanes) is 10. The van der Waals surface area contributed by atoms with Gasteiger partial charge in [0, 0.05) is 30.7 Å². The van der Waals surface area contributed by atoms with E-state index in [0.717, 1.165) is 58.1 Å². The van der Waals surface area contributed by atoms with Gasteiger partial charge in [0.15, 0.2) is 0 Å². The second kappa shape index (κ2) is 23.0. The lowest BCUT2D eigenvalue weighted by molar-refractivity contribution is -0.130. The molecule has 6 heteroatoms. The lowest BCUT2D eigenvalue weighted by atomic mass is 9.91. The summed E-state index contributed by atoms with van der Waals surface area (Å²) in [4.78, 5) is 37.2. The fraction of sp³-hybridized carbons (Fsp3) is 0.781. The Kier molecular flexibility index (Phi) is 20.6. The fourth-order valence-corrected chi connectivity index (χ4v) is 4.54. The molecular formula is C32H57N3O3. The molecule has 2 N–H and O–H groups in total. The third kappa shape index (κ3) is 17.5. The molecule has 1 rings (SSSR count). The van der Waals surface area contributed by atoms with Crippen molar-refractivity contribution in [2.24, 2.45) is 5.92 Å². The number of carbonyl (C=O) groups is 3. The van der Waals surface area contributed by atoms with Gasteiger partial charge in [-0.25, -0.2) is 0 Å². The number of imide groups is 1. The van der Waals surface area contributed by atoms with Crippen LogP contribution in [0, 0.1) is 5.92 Å². The minimum atomic E-state index is -0.322. The molecule has 1 unspecified atom stereocenters. The van der Waals surface area contributed by atoms with E-state index in [-0.39, 0.29) is 17.7 Å². The van der Waals surface area contributed by atoms with Gasteiger partial charge in [-0.1, -0.05) is 64.0 Å². The highest BCUT2D eigenvalue weighted by atomic mass is 16.2.